The number of halogens is 5. The summed E-state index contributed by atoms with van der Waals surface area (Å²) in [4.78, 5) is 2.18. The van der Waals surface area contributed by atoms with Crippen molar-refractivity contribution < 1.29 is 17.9 Å². The van der Waals surface area contributed by atoms with Gasteiger partial charge in [0.15, 0.2) is 0 Å². The second kappa shape index (κ2) is 16.0. The van der Waals surface area contributed by atoms with E-state index in [2.05, 4.69) is 59.6 Å². The highest BCUT2D eigenvalue weighted by molar-refractivity contribution is 6.32. The predicted octanol–water partition coefficient (Wildman–Crippen LogP) is 10.5. The third-order valence-corrected chi connectivity index (χ3v) is 8.19. The number of hydrogen-bond donors (Lipinski definition) is 1. The Hall–Kier alpha value is -3.71. The summed E-state index contributed by atoms with van der Waals surface area (Å²) in [7, 11) is 0. The highest BCUT2D eigenvalue weighted by Crippen LogP contribution is 2.37. The maximum absolute atomic E-state index is 13.7. The summed E-state index contributed by atoms with van der Waals surface area (Å²) in [6.07, 6.45) is -3.84. The van der Waals surface area contributed by atoms with Crippen molar-refractivity contribution in [2.75, 3.05) is 31.6 Å². The minimum Gasteiger partial charge on any atom is -0.493 e. The van der Waals surface area contributed by atoms with Crippen molar-refractivity contribution in [1.82, 2.24) is 4.90 Å². The Morgan fingerprint density at radius 2 is 1.40 bits per heavy atom. The minimum atomic E-state index is -4.52. The Balaban J connectivity index is 0.00000461. The number of nitrogens with zero attached hydrogens (tertiary/aromatic N) is 1. The van der Waals surface area contributed by atoms with Gasteiger partial charge in [0.25, 0.3) is 0 Å². The van der Waals surface area contributed by atoms with Crippen molar-refractivity contribution in [1.29, 1.82) is 0 Å². The van der Waals surface area contributed by atoms with Crippen LogP contribution in [0.5, 0.6) is 5.75 Å². The Bertz CT molecular complexity index is 1610. The number of anilines is 1. The van der Waals surface area contributed by atoms with Crippen molar-refractivity contribution in [3.05, 3.63) is 143 Å². The maximum atomic E-state index is 13.7. The first-order valence-corrected chi connectivity index (χ1v) is 15.3. The van der Waals surface area contributed by atoms with Crippen LogP contribution in [0, 0.1) is 0 Å². The van der Waals surface area contributed by atoms with E-state index in [1.807, 2.05) is 54.6 Å². The van der Waals surface area contributed by atoms with Gasteiger partial charge in [0, 0.05) is 48.6 Å². The lowest BCUT2D eigenvalue weighted by atomic mass is 9.90. The highest BCUT2D eigenvalue weighted by atomic mass is 35.5. The van der Waals surface area contributed by atoms with Crippen LogP contribution in [0.15, 0.2) is 115 Å². The summed E-state index contributed by atoms with van der Waals surface area (Å²) in [5.41, 5.74) is 2.99. The second-order valence-corrected chi connectivity index (χ2v) is 11.2. The molecule has 0 saturated heterocycles. The van der Waals surface area contributed by atoms with Crippen molar-refractivity contribution >= 4 is 40.5 Å². The number of fused-ring (bicyclic) bond motifs is 1. The molecule has 5 aromatic rings. The van der Waals surface area contributed by atoms with Gasteiger partial charge in [0.1, 0.15) is 5.75 Å². The average molecular weight is 654 g/mol. The molecule has 0 aliphatic heterocycles. The molecule has 0 aliphatic rings. The van der Waals surface area contributed by atoms with Crippen LogP contribution in [0.4, 0.5) is 18.9 Å². The van der Waals surface area contributed by atoms with Crippen molar-refractivity contribution in [3.63, 3.8) is 0 Å². The van der Waals surface area contributed by atoms with Gasteiger partial charge in [-0.15, -0.1) is 12.4 Å². The minimum absolute atomic E-state index is 0. The van der Waals surface area contributed by atoms with E-state index in [9.17, 15) is 13.2 Å². The van der Waals surface area contributed by atoms with E-state index < -0.39 is 11.7 Å². The van der Waals surface area contributed by atoms with Crippen LogP contribution in [-0.4, -0.2) is 31.1 Å². The monoisotopic (exact) mass is 652 g/mol. The van der Waals surface area contributed by atoms with E-state index in [0.717, 1.165) is 45.9 Å². The molecule has 236 valence electrons. The normalized spacial score (nSPS) is 11.5. The van der Waals surface area contributed by atoms with Gasteiger partial charge in [-0.2, -0.15) is 13.2 Å². The molecule has 0 heterocycles. The second-order valence-electron chi connectivity index (χ2n) is 10.8. The number of rotatable bonds is 13. The molecule has 0 amide bonds. The zero-order chi connectivity index (χ0) is 30.9. The molecular weight excluding hydrogens is 616 g/mol. The van der Waals surface area contributed by atoms with Crippen LogP contribution in [0.25, 0.3) is 10.8 Å². The lowest BCUT2D eigenvalue weighted by Gasteiger charge is -2.29. The van der Waals surface area contributed by atoms with Gasteiger partial charge in [-0.25, -0.2) is 0 Å². The molecule has 3 nitrogen and oxygen atoms in total. The predicted molar refractivity (Wildman–Crippen MR) is 182 cm³/mol. The van der Waals surface area contributed by atoms with Gasteiger partial charge >= 0.3 is 6.18 Å². The molecule has 8 heteroatoms. The molecule has 0 saturated carbocycles. The van der Waals surface area contributed by atoms with Gasteiger partial charge in [-0.3, -0.25) is 4.90 Å². The summed E-state index contributed by atoms with van der Waals surface area (Å²) in [5.74, 6) is 0.826. The Labute approximate surface area is 274 Å². The smallest absolute Gasteiger partial charge is 0.417 e. The number of alkyl halides is 3. The SMILES string of the molecule is CCNc1cccc2c(OCCCN(Cc3cccc(C(F)(F)F)c3Cl)CC(c3ccccc3)c3ccccc3)cccc12.Cl. The standard InChI is InChI=1S/C37H36ClF3N2O.ClH/c1-2-42-34-21-10-19-31-30(34)18-11-22-35(31)44-24-12-23-43(25-29-17-9-20-33(36(29)38)37(39,40)41)26-32(27-13-5-3-6-14-27)28-15-7-4-8-16-28;/h3-11,13-22,32,42H,2,12,23-26H2,1H3;1H. The molecule has 0 atom stereocenters. The molecule has 5 aromatic carbocycles. The third-order valence-electron chi connectivity index (χ3n) is 7.75. The molecule has 0 aliphatic carbocycles. The van der Waals surface area contributed by atoms with Crippen LogP contribution in [0.1, 0.15) is 41.5 Å². The lowest BCUT2D eigenvalue weighted by Crippen LogP contribution is -2.31. The molecule has 0 spiro atoms. The summed E-state index contributed by atoms with van der Waals surface area (Å²) < 4.78 is 47.4. The van der Waals surface area contributed by atoms with Crippen molar-refractivity contribution in [2.45, 2.75) is 32.0 Å². The quantitative estimate of drug-likeness (QED) is 0.128. The van der Waals surface area contributed by atoms with Crippen LogP contribution < -0.4 is 10.1 Å². The van der Waals surface area contributed by atoms with Gasteiger partial charge in [0.05, 0.1) is 17.2 Å². The topological polar surface area (TPSA) is 24.5 Å². The number of nitrogens with one attached hydrogen (secondary N) is 1. The number of benzene rings is 5. The summed E-state index contributed by atoms with van der Waals surface area (Å²) >= 11 is 6.36. The van der Waals surface area contributed by atoms with Crippen LogP contribution in [0.3, 0.4) is 0 Å². The molecule has 0 fully saturated rings. The lowest BCUT2D eigenvalue weighted by molar-refractivity contribution is -0.137. The molecule has 0 aromatic heterocycles. The molecule has 0 bridgehead atoms. The van der Waals surface area contributed by atoms with Gasteiger partial charge in [0.2, 0.25) is 0 Å². The van der Waals surface area contributed by atoms with Crippen LogP contribution >= 0.6 is 24.0 Å². The summed E-state index contributed by atoms with van der Waals surface area (Å²) in [6.45, 7) is 4.83. The molecule has 45 heavy (non-hydrogen) atoms. The first kappa shape index (κ1) is 34.2. The number of hydrogen-bond acceptors (Lipinski definition) is 3. The molecular formula is C37H37Cl2F3N2O. The first-order valence-electron chi connectivity index (χ1n) is 14.9. The van der Waals surface area contributed by atoms with Crippen molar-refractivity contribution in [3.8, 4) is 5.75 Å². The fourth-order valence-corrected chi connectivity index (χ4v) is 5.94. The van der Waals surface area contributed by atoms with Gasteiger partial charge in [-0.05, 0) is 48.2 Å². The van der Waals surface area contributed by atoms with Gasteiger partial charge in [-0.1, -0.05) is 109 Å². The first-order chi connectivity index (χ1) is 21.3. The Morgan fingerprint density at radius 3 is 2.04 bits per heavy atom. The van der Waals surface area contributed by atoms with E-state index >= 15 is 0 Å². The summed E-state index contributed by atoms with van der Waals surface area (Å²) in [6, 6.07) is 36.7. The Morgan fingerprint density at radius 1 is 0.778 bits per heavy atom. The molecule has 0 radical (unpaired) electrons. The van der Waals surface area contributed by atoms with E-state index in [1.54, 1.807) is 6.07 Å². The zero-order valence-corrected chi connectivity index (χ0v) is 26.6. The molecule has 5 rings (SSSR count). The van der Waals surface area contributed by atoms with E-state index in [4.69, 9.17) is 16.3 Å². The largest absolute Gasteiger partial charge is 0.493 e. The van der Waals surface area contributed by atoms with Crippen molar-refractivity contribution in [2.24, 2.45) is 0 Å². The highest BCUT2D eigenvalue weighted by Gasteiger charge is 2.34. The molecule has 0 unspecified atom stereocenters. The number of ether oxygens (including phenoxy) is 1. The van der Waals surface area contributed by atoms with Crippen LogP contribution in [0.2, 0.25) is 5.02 Å². The Kier molecular flexibility index (Phi) is 12.2. The van der Waals surface area contributed by atoms with E-state index in [0.29, 0.717) is 31.7 Å². The van der Waals surface area contributed by atoms with E-state index in [1.165, 1.54) is 6.07 Å². The average Bonchev–Trinajstić information content (AvgIpc) is 3.03. The van der Waals surface area contributed by atoms with Gasteiger partial charge < -0.3 is 10.1 Å². The fraction of sp³-hybridized carbons (Fsp3) is 0.243. The maximum Gasteiger partial charge on any atom is 0.417 e. The zero-order valence-electron chi connectivity index (χ0n) is 25.1. The molecule has 1 N–H and O–H groups in total. The fourth-order valence-electron chi connectivity index (χ4n) is 5.65. The third kappa shape index (κ3) is 8.72. The van der Waals surface area contributed by atoms with E-state index in [-0.39, 0.29) is 29.9 Å². The van der Waals surface area contributed by atoms with Crippen LogP contribution in [-0.2, 0) is 12.7 Å². The summed E-state index contributed by atoms with van der Waals surface area (Å²) in [5, 5.41) is 5.29.